The summed E-state index contributed by atoms with van der Waals surface area (Å²) in [6.45, 7) is 3.98. The molecule has 1 heterocycles. The Hall–Kier alpha value is -2.40. The lowest BCUT2D eigenvalue weighted by molar-refractivity contribution is -0.107. The number of nitrogens with zero attached hydrogens (tertiary/aromatic N) is 1. The summed E-state index contributed by atoms with van der Waals surface area (Å²) in [4.78, 5) is 15.1. The summed E-state index contributed by atoms with van der Waals surface area (Å²) in [7, 11) is 0. The van der Waals surface area contributed by atoms with Gasteiger partial charge in [0, 0.05) is 6.42 Å². The van der Waals surface area contributed by atoms with Crippen LogP contribution in [-0.2, 0) is 11.2 Å². The molecule has 0 N–H and O–H groups in total. The van der Waals surface area contributed by atoms with Gasteiger partial charge in [-0.1, -0.05) is 17.4 Å². The van der Waals surface area contributed by atoms with Crippen LogP contribution in [0.25, 0.3) is 10.2 Å². The Bertz CT molecular complexity index is 809. The molecule has 3 rings (SSSR count). The standard InChI is InChI=1S/C18H17NO3S/c1-12(2)21-14-4-6-15(7-5-14)22-18-19-16-8-3-13(9-10-20)11-17(16)23-18/h3-8,10-12H,9H2,1-2H3. The fourth-order valence-electron chi connectivity index (χ4n) is 2.17. The summed E-state index contributed by atoms with van der Waals surface area (Å²) in [6, 6.07) is 13.3. The third kappa shape index (κ3) is 3.87. The molecule has 2 aromatic carbocycles. The molecule has 5 heteroatoms. The molecule has 0 spiro atoms. The van der Waals surface area contributed by atoms with Crippen molar-refractivity contribution in [3.8, 4) is 16.7 Å². The van der Waals surface area contributed by atoms with Crippen molar-refractivity contribution in [3.63, 3.8) is 0 Å². The molecule has 0 radical (unpaired) electrons. The molecule has 0 saturated heterocycles. The Morgan fingerprint density at radius 1 is 1.13 bits per heavy atom. The van der Waals surface area contributed by atoms with Gasteiger partial charge in [-0.25, -0.2) is 4.98 Å². The first-order chi connectivity index (χ1) is 11.1. The highest BCUT2D eigenvalue weighted by molar-refractivity contribution is 7.20. The maximum absolute atomic E-state index is 10.6. The van der Waals surface area contributed by atoms with Crippen LogP contribution in [0.4, 0.5) is 0 Å². The average molecular weight is 327 g/mol. The largest absolute Gasteiger partial charge is 0.491 e. The van der Waals surface area contributed by atoms with Gasteiger partial charge in [0.15, 0.2) is 0 Å². The Kier molecular flexibility index (Phi) is 4.57. The molecule has 1 aromatic heterocycles. The Morgan fingerprint density at radius 3 is 2.57 bits per heavy atom. The normalized spacial score (nSPS) is 10.9. The molecule has 0 bridgehead atoms. The van der Waals surface area contributed by atoms with Crippen molar-refractivity contribution in [2.24, 2.45) is 0 Å². The van der Waals surface area contributed by atoms with E-state index in [1.54, 1.807) is 0 Å². The van der Waals surface area contributed by atoms with E-state index in [1.807, 2.05) is 56.3 Å². The third-order valence-electron chi connectivity index (χ3n) is 3.15. The first kappa shape index (κ1) is 15.5. The zero-order valence-electron chi connectivity index (χ0n) is 13.0. The minimum atomic E-state index is 0.145. The summed E-state index contributed by atoms with van der Waals surface area (Å²) < 4.78 is 12.4. The second-order valence-electron chi connectivity index (χ2n) is 5.39. The molecule has 0 unspecified atom stereocenters. The molecule has 3 aromatic rings. The van der Waals surface area contributed by atoms with Gasteiger partial charge in [0.25, 0.3) is 5.19 Å². The maximum atomic E-state index is 10.6. The molecule has 0 aliphatic carbocycles. The van der Waals surface area contributed by atoms with Crippen molar-refractivity contribution in [2.75, 3.05) is 0 Å². The van der Waals surface area contributed by atoms with E-state index in [4.69, 9.17) is 9.47 Å². The van der Waals surface area contributed by atoms with E-state index in [0.717, 1.165) is 27.8 Å². The van der Waals surface area contributed by atoms with Crippen LogP contribution in [0.1, 0.15) is 19.4 Å². The molecular weight excluding hydrogens is 310 g/mol. The van der Waals surface area contributed by atoms with Gasteiger partial charge in [-0.15, -0.1) is 0 Å². The van der Waals surface area contributed by atoms with Crippen molar-refractivity contribution < 1.29 is 14.3 Å². The van der Waals surface area contributed by atoms with Crippen LogP contribution >= 0.6 is 11.3 Å². The number of aromatic nitrogens is 1. The predicted octanol–water partition coefficient (Wildman–Crippen LogP) is 4.62. The van der Waals surface area contributed by atoms with Gasteiger partial charge >= 0.3 is 0 Å². The van der Waals surface area contributed by atoms with Crippen LogP contribution < -0.4 is 9.47 Å². The summed E-state index contributed by atoms with van der Waals surface area (Å²) in [6.07, 6.45) is 1.47. The van der Waals surface area contributed by atoms with Gasteiger partial charge in [0.05, 0.1) is 16.3 Å². The maximum Gasteiger partial charge on any atom is 0.279 e. The molecular formula is C18H17NO3S. The lowest BCUT2D eigenvalue weighted by Gasteiger charge is -2.09. The quantitative estimate of drug-likeness (QED) is 0.620. The number of hydrogen-bond donors (Lipinski definition) is 0. The van der Waals surface area contributed by atoms with Gasteiger partial charge in [-0.05, 0) is 55.8 Å². The molecule has 4 nitrogen and oxygen atoms in total. The van der Waals surface area contributed by atoms with E-state index in [2.05, 4.69) is 4.98 Å². The van der Waals surface area contributed by atoms with Crippen molar-refractivity contribution in [3.05, 3.63) is 48.0 Å². The summed E-state index contributed by atoms with van der Waals surface area (Å²) in [5.41, 5.74) is 1.86. The Balaban J connectivity index is 1.76. The Morgan fingerprint density at radius 2 is 1.87 bits per heavy atom. The van der Waals surface area contributed by atoms with E-state index in [1.165, 1.54) is 11.3 Å². The van der Waals surface area contributed by atoms with Crippen LogP contribution in [0.15, 0.2) is 42.5 Å². The number of hydrogen-bond acceptors (Lipinski definition) is 5. The summed E-state index contributed by atoms with van der Waals surface area (Å²) >= 11 is 1.47. The first-order valence-electron chi connectivity index (χ1n) is 7.42. The van der Waals surface area contributed by atoms with Crippen LogP contribution in [0.5, 0.6) is 16.7 Å². The molecule has 0 aliphatic rings. The lowest BCUT2D eigenvalue weighted by Crippen LogP contribution is -2.05. The monoisotopic (exact) mass is 327 g/mol. The fourth-order valence-corrected chi connectivity index (χ4v) is 3.07. The predicted molar refractivity (Wildman–Crippen MR) is 91.7 cm³/mol. The molecule has 0 atom stereocenters. The lowest BCUT2D eigenvalue weighted by atomic mass is 10.2. The van der Waals surface area contributed by atoms with E-state index in [9.17, 15) is 4.79 Å². The first-order valence-corrected chi connectivity index (χ1v) is 8.23. The van der Waals surface area contributed by atoms with Gasteiger partial charge in [-0.3, -0.25) is 0 Å². The van der Waals surface area contributed by atoms with Gasteiger partial charge in [-0.2, -0.15) is 0 Å². The number of rotatable bonds is 6. The van der Waals surface area contributed by atoms with Gasteiger partial charge < -0.3 is 14.3 Å². The molecule has 0 aliphatic heterocycles. The topological polar surface area (TPSA) is 48.4 Å². The number of ether oxygens (including phenoxy) is 2. The molecule has 23 heavy (non-hydrogen) atoms. The van der Waals surface area contributed by atoms with E-state index in [0.29, 0.717) is 17.4 Å². The molecule has 0 saturated carbocycles. The highest BCUT2D eigenvalue weighted by Gasteiger charge is 2.07. The van der Waals surface area contributed by atoms with Gasteiger partial charge in [0.1, 0.15) is 17.8 Å². The Labute approximate surface area is 138 Å². The second-order valence-corrected chi connectivity index (χ2v) is 6.39. The van der Waals surface area contributed by atoms with Crippen molar-refractivity contribution in [1.29, 1.82) is 0 Å². The average Bonchev–Trinajstić information content (AvgIpc) is 2.90. The van der Waals surface area contributed by atoms with Crippen LogP contribution in [0, 0.1) is 0 Å². The van der Waals surface area contributed by atoms with E-state index < -0.39 is 0 Å². The summed E-state index contributed by atoms with van der Waals surface area (Å²) in [5.74, 6) is 1.53. The highest BCUT2D eigenvalue weighted by atomic mass is 32.1. The van der Waals surface area contributed by atoms with Crippen molar-refractivity contribution in [2.45, 2.75) is 26.4 Å². The highest BCUT2D eigenvalue weighted by Crippen LogP contribution is 2.32. The number of fused-ring (bicyclic) bond motifs is 1. The third-order valence-corrected chi connectivity index (χ3v) is 4.05. The van der Waals surface area contributed by atoms with Crippen LogP contribution in [0.3, 0.4) is 0 Å². The minimum Gasteiger partial charge on any atom is -0.491 e. The van der Waals surface area contributed by atoms with Crippen molar-refractivity contribution >= 4 is 27.8 Å². The van der Waals surface area contributed by atoms with Gasteiger partial charge in [0.2, 0.25) is 0 Å². The number of benzene rings is 2. The SMILES string of the molecule is CC(C)Oc1ccc(Oc2nc3ccc(CC=O)cc3s2)cc1. The molecule has 118 valence electrons. The smallest absolute Gasteiger partial charge is 0.279 e. The second kappa shape index (κ2) is 6.79. The molecule has 0 amide bonds. The zero-order valence-corrected chi connectivity index (χ0v) is 13.8. The zero-order chi connectivity index (χ0) is 16.2. The van der Waals surface area contributed by atoms with Crippen LogP contribution in [0.2, 0.25) is 0 Å². The fraction of sp³-hybridized carbons (Fsp3) is 0.222. The van der Waals surface area contributed by atoms with Crippen LogP contribution in [-0.4, -0.2) is 17.4 Å². The minimum absolute atomic E-state index is 0.145. The van der Waals surface area contributed by atoms with Crippen molar-refractivity contribution in [1.82, 2.24) is 4.98 Å². The number of carbonyl (C=O) groups is 1. The number of aldehydes is 1. The molecule has 0 fully saturated rings. The number of thiazole rings is 1. The summed E-state index contributed by atoms with van der Waals surface area (Å²) in [5, 5.41) is 0.584. The number of carbonyl (C=O) groups excluding carboxylic acids is 1. The van der Waals surface area contributed by atoms with E-state index in [-0.39, 0.29) is 6.10 Å². The van der Waals surface area contributed by atoms with E-state index >= 15 is 0 Å².